The molecule has 1 aliphatic carbocycles. The van der Waals surface area contributed by atoms with E-state index >= 15 is 0 Å². The summed E-state index contributed by atoms with van der Waals surface area (Å²) in [4.78, 5) is 17.2. The summed E-state index contributed by atoms with van der Waals surface area (Å²) in [6.45, 7) is 2.17. The van der Waals surface area contributed by atoms with Gasteiger partial charge in [-0.1, -0.05) is 19.8 Å². The third-order valence-electron chi connectivity index (χ3n) is 3.45. The maximum atomic E-state index is 10.8. The van der Waals surface area contributed by atoms with E-state index in [0.29, 0.717) is 12.5 Å². The predicted molar refractivity (Wildman–Crippen MR) is 71.2 cm³/mol. The van der Waals surface area contributed by atoms with Crippen molar-refractivity contribution in [3.63, 3.8) is 0 Å². The van der Waals surface area contributed by atoms with Crippen LogP contribution in [0.3, 0.4) is 0 Å². The van der Waals surface area contributed by atoms with Crippen LogP contribution in [0.1, 0.15) is 44.3 Å². The van der Waals surface area contributed by atoms with Crippen LogP contribution in [-0.2, 0) is 4.79 Å². The number of carboxylic acids is 1. The van der Waals surface area contributed by atoms with Gasteiger partial charge < -0.3 is 10.0 Å². The molecule has 6 heteroatoms. The monoisotopic (exact) mass is 269 g/mol. The molecule has 1 unspecified atom stereocenters. The zero-order chi connectivity index (χ0) is 13.1. The predicted octanol–water partition coefficient (Wildman–Crippen LogP) is 2.35. The molecular formula is C12H19N3O2S. The maximum absolute atomic E-state index is 10.8. The molecule has 2 rings (SSSR count). The molecular weight excluding hydrogens is 250 g/mol. The Morgan fingerprint density at radius 1 is 1.56 bits per heavy atom. The van der Waals surface area contributed by atoms with E-state index in [1.54, 1.807) is 6.92 Å². The number of hydrogen-bond donors (Lipinski definition) is 1. The van der Waals surface area contributed by atoms with Crippen LogP contribution in [0.4, 0.5) is 5.13 Å². The molecule has 1 aromatic rings. The average Bonchev–Trinajstić information content (AvgIpc) is 2.99. The van der Waals surface area contributed by atoms with Gasteiger partial charge in [-0.2, -0.15) is 4.37 Å². The number of hydrogen-bond acceptors (Lipinski definition) is 5. The van der Waals surface area contributed by atoms with Crippen molar-refractivity contribution >= 4 is 22.6 Å². The van der Waals surface area contributed by atoms with Crippen LogP contribution >= 0.6 is 11.5 Å². The summed E-state index contributed by atoms with van der Waals surface area (Å²) in [5, 5.41) is 9.72. The number of carboxylic acid groups (broad SMARTS) is 1. The summed E-state index contributed by atoms with van der Waals surface area (Å²) in [6.07, 6.45) is 4.91. The molecule has 0 amide bonds. The van der Waals surface area contributed by atoms with E-state index in [-0.39, 0.29) is 0 Å². The number of rotatable bonds is 5. The Morgan fingerprint density at radius 2 is 2.22 bits per heavy atom. The van der Waals surface area contributed by atoms with Crippen LogP contribution in [0.2, 0.25) is 0 Å². The van der Waals surface area contributed by atoms with Gasteiger partial charge in [0, 0.05) is 31.0 Å². The molecule has 1 saturated carbocycles. The molecule has 100 valence electrons. The van der Waals surface area contributed by atoms with Gasteiger partial charge in [0.05, 0.1) is 5.92 Å². The topological polar surface area (TPSA) is 66.3 Å². The molecule has 18 heavy (non-hydrogen) atoms. The van der Waals surface area contributed by atoms with Gasteiger partial charge >= 0.3 is 5.97 Å². The summed E-state index contributed by atoms with van der Waals surface area (Å²) < 4.78 is 4.41. The van der Waals surface area contributed by atoms with E-state index in [0.717, 1.165) is 11.0 Å². The van der Waals surface area contributed by atoms with Crippen LogP contribution in [0.5, 0.6) is 0 Å². The Kier molecular flexibility index (Phi) is 4.16. The first-order valence-corrected chi connectivity index (χ1v) is 7.13. The highest BCUT2D eigenvalue weighted by Gasteiger charge is 2.23. The van der Waals surface area contributed by atoms with Gasteiger partial charge in [0.1, 0.15) is 5.82 Å². The smallest absolute Gasteiger partial charge is 0.308 e. The first-order chi connectivity index (χ1) is 8.58. The molecule has 0 saturated heterocycles. The van der Waals surface area contributed by atoms with Crippen molar-refractivity contribution in [1.29, 1.82) is 0 Å². The summed E-state index contributed by atoms with van der Waals surface area (Å²) >= 11 is 1.37. The van der Waals surface area contributed by atoms with Gasteiger partial charge in [-0.3, -0.25) is 4.79 Å². The highest BCUT2D eigenvalue weighted by Crippen LogP contribution is 2.34. The molecule has 1 N–H and O–H groups in total. The van der Waals surface area contributed by atoms with Crippen molar-refractivity contribution in [1.82, 2.24) is 9.36 Å². The summed E-state index contributed by atoms with van der Waals surface area (Å²) in [5.74, 6) is 0.291. The molecule has 1 aliphatic rings. The molecule has 0 aromatic carbocycles. The van der Waals surface area contributed by atoms with Crippen LogP contribution in [-0.4, -0.2) is 34.0 Å². The van der Waals surface area contributed by atoms with Crippen LogP contribution in [0.25, 0.3) is 0 Å². The lowest BCUT2D eigenvalue weighted by atomic mass is 10.1. The zero-order valence-corrected chi connectivity index (χ0v) is 11.6. The Labute approximate surface area is 111 Å². The number of aromatic nitrogens is 2. The van der Waals surface area contributed by atoms with Crippen molar-refractivity contribution in [2.75, 3.05) is 18.5 Å². The fourth-order valence-electron chi connectivity index (χ4n) is 2.30. The molecule has 1 fully saturated rings. The maximum Gasteiger partial charge on any atom is 0.308 e. The zero-order valence-electron chi connectivity index (χ0n) is 10.8. The number of nitrogens with zero attached hydrogens (tertiary/aromatic N) is 3. The third kappa shape index (κ3) is 2.98. The van der Waals surface area contributed by atoms with Crippen molar-refractivity contribution in [3.8, 4) is 0 Å². The van der Waals surface area contributed by atoms with Crippen molar-refractivity contribution < 1.29 is 9.90 Å². The van der Waals surface area contributed by atoms with Crippen LogP contribution < -0.4 is 4.90 Å². The van der Waals surface area contributed by atoms with Gasteiger partial charge in [0.15, 0.2) is 0 Å². The minimum atomic E-state index is -0.776. The van der Waals surface area contributed by atoms with E-state index in [9.17, 15) is 4.79 Å². The van der Waals surface area contributed by atoms with Gasteiger partial charge in [-0.15, -0.1) is 0 Å². The third-order valence-corrected chi connectivity index (χ3v) is 4.29. The quantitative estimate of drug-likeness (QED) is 0.888. The fourth-order valence-corrected chi connectivity index (χ4v) is 3.01. The number of carbonyl (C=O) groups is 1. The standard InChI is InChI=1S/C12H19N3O2S/c1-8(11(16)17)7-15(2)12-13-10(14-18-12)9-5-3-4-6-9/h8-9H,3-7H2,1-2H3,(H,16,17). The van der Waals surface area contributed by atoms with Crippen LogP contribution in [0.15, 0.2) is 0 Å². The Morgan fingerprint density at radius 3 is 2.83 bits per heavy atom. The van der Waals surface area contributed by atoms with Gasteiger partial charge in [-0.05, 0) is 12.8 Å². The lowest BCUT2D eigenvalue weighted by Gasteiger charge is -2.17. The first kappa shape index (κ1) is 13.3. The first-order valence-electron chi connectivity index (χ1n) is 6.35. The summed E-state index contributed by atoms with van der Waals surface area (Å²) in [5.41, 5.74) is 0. The van der Waals surface area contributed by atoms with Crippen molar-refractivity contribution in [2.45, 2.75) is 38.5 Å². The number of anilines is 1. The largest absolute Gasteiger partial charge is 0.481 e. The van der Waals surface area contributed by atoms with E-state index in [2.05, 4.69) is 9.36 Å². The second-order valence-electron chi connectivity index (χ2n) is 5.04. The lowest BCUT2D eigenvalue weighted by Crippen LogP contribution is -2.28. The minimum absolute atomic E-state index is 0.395. The van der Waals surface area contributed by atoms with E-state index in [4.69, 9.17) is 5.11 Å². The minimum Gasteiger partial charge on any atom is -0.481 e. The molecule has 5 nitrogen and oxygen atoms in total. The molecule has 0 aliphatic heterocycles. The molecule has 0 radical (unpaired) electrons. The number of aliphatic carboxylic acids is 1. The summed E-state index contributed by atoms with van der Waals surface area (Å²) in [7, 11) is 1.87. The SMILES string of the molecule is CC(CN(C)c1nc(C2CCCC2)ns1)C(=O)O. The van der Waals surface area contributed by atoms with Gasteiger partial charge in [0.25, 0.3) is 0 Å². The average molecular weight is 269 g/mol. The Bertz CT molecular complexity index is 415. The molecule has 0 spiro atoms. The fraction of sp³-hybridized carbons (Fsp3) is 0.750. The molecule has 1 atom stereocenters. The van der Waals surface area contributed by atoms with Gasteiger partial charge in [0.2, 0.25) is 5.13 Å². The lowest BCUT2D eigenvalue weighted by molar-refractivity contribution is -0.140. The Balaban J connectivity index is 1.98. The van der Waals surface area contributed by atoms with Crippen LogP contribution in [0, 0.1) is 5.92 Å². The van der Waals surface area contributed by atoms with E-state index < -0.39 is 11.9 Å². The second-order valence-corrected chi connectivity index (χ2v) is 5.77. The molecule has 1 heterocycles. The normalized spacial score (nSPS) is 17.9. The molecule has 0 bridgehead atoms. The molecule has 1 aromatic heterocycles. The summed E-state index contributed by atoms with van der Waals surface area (Å²) in [6, 6.07) is 0. The van der Waals surface area contributed by atoms with Crippen molar-refractivity contribution in [2.24, 2.45) is 5.92 Å². The highest BCUT2D eigenvalue weighted by atomic mass is 32.1. The second kappa shape index (κ2) is 5.65. The van der Waals surface area contributed by atoms with E-state index in [1.807, 2.05) is 11.9 Å². The van der Waals surface area contributed by atoms with Crippen molar-refractivity contribution in [3.05, 3.63) is 5.82 Å². The van der Waals surface area contributed by atoms with Gasteiger partial charge in [-0.25, -0.2) is 4.98 Å². The Hall–Kier alpha value is -1.17. The highest BCUT2D eigenvalue weighted by molar-refractivity contribution is 7.09. The van der Waals surface area contributed by atoms with E-state index in [1.165, 1.54) is 37.2 Å².